The molecule has 2 fully saturated rings. The molecule has 1 aliphatic heterocycles. The van der Waals surface area contributed by atoms with E-state index < -0.39 is 12.9 Å². The summed E-state index contributed by atoms with van der Waals surface area (Å²) in [4.78, 5) is 2.47. The van der Waals surface area contributed by atoms with Gasteiger partial charge in [0.15, 0.2) is 0 Å². The van der Waals surface area contributed by atoms with Crippen LogP contribution >= 0.6 is 0 Å². The van der Waals surface area contributed by atoms with Crippen LogP contribution in [0.3, 0.4) is 0 Å². The lowest BCUT2D eigenvalue weighted by atomic mass is 9.77. The second-order valence-corrected chi connectivity index (χ2v) is 6.49. The Morgan fingerprint density at radius 2 is 1.86 bits per heavy atom. The van der Waals surface area contributed by atoms with E-state index in [0.29, 0.717) is 12.6 Å². The minimum absolute atomic E-state index is 0.238. The van der Waals surface area contributed by atoms with Gasteiger partial charge in [-0.25, -0.2) is 4.39 Å². The van der Waals surface area contributed by atoms with E-state index >= 15 is 0 Å². The van der Waals surface area contributed by atoms with E-state index in [9.17, 15) is 14.4 Å². The molecule has 1 aromatic carbocycles. The maximum Gasteiger partial charge on any atom is 0.488 e. The van der Waals surface area contributed by atoms with Gasteiger partial charge in [0.2, 0.25) is 0 Å². The zero-order valence-electron chi connectivity index (χ0n) is 12.3. The second-order valence-electron chi connectivity index (χ2n) is 6.49. The SMILES string of the molecule is OB(O)c1cc(F)cc(CN2CCCC3CCCCC32)c1. The molecular weight excluding hydrogens is 268 g/mol. The molecule has 1 saturated heterocycles. The van der Waals surface area contributed by atoms with Crippen LogP contribution in [0.4, 0.5) is 4.39 Å². The van der Waals surface area contributed by atoms with Crippen LogP contribution in [0.2, 0.25) is 0 Å². The molecule has 3 nitrogen and oxygen atoms in total. The molecule has 0 bridgehead atoms. The molecule has 0 aromatic heterocycles. The van der Waals surface area contributed by atoms with Crippen molar-refractivity contribution >= 4 is 12.6 Å². The normalized spacial score (nSPS) is 26.4. The third kappa shape index (κ3) is 3.47. The van der Waals surface area contributed by atoms with Crippen LogP contribution in [0.15, 0.2) is 18.2 Å². The molecule has 0 amide bonds. The van der Waals surface area contributed by atoms with Crippen LogP contribution in [0.1, 0.15) is 44.1 Å². The summed E-state index contributed by atoms with van der Waals surface area (Å²) < 4.78 is 13.6. The zero-order chi connectivity index (χ0) is 14.8. The van der Waals surface area contributed by atoms with Crippen LogP contribution in [-0.2, 0) is 6.54 Å². The standard InChI is InChI=1S/C16H23BFNO2/c18-15-9-12(8-14(10-15)17(20)21)11-19-7-3-5-13-4-1-2-6-16(13)19/h8-10,13,16,20-21H,1-7,11H2. The third-order valence-corrected chi connectivity index (χ3v) is 5.02. The van der Waals surface area contributed by atoms with Gasteiger partial charge in [-0.05, 0) is 61.3 Å². The average Bonchev–Trinajstić information content (AvgIpc) is 2.47. The fourth-order valence-electron chi connectivity index (χ4n) is 4.07. The van der Waals surface area contributed by atoms with E-state index in [1.54, 1.807) is 6.07 Å². The molecule has 21 heavy (non-hydrogen) atoms. The van der Waals surface area contributed by atoms with Gasteiger partial charge in [0, 0.05) is 12.6 Å². The Kier molecular flexibility index (Phi) is 4.62. The Balaban J connectivity index is 1.76. The Morgan fingerprint density at radius 3 is 2.67 bits per heavy atom. The molecule has 0 radical (unpaired) electrons. The number of fused-ring (bicyclic) bond motifs is 1. The maximum atomic E-state index is 13.6. The number of likely N-dealkylation sites (tertiary alicyclic amines) is 1. The molecular formula is C16H23BFNO2. The topological polar surface area (TPSA) is 43.7 Å². The molecule has 1 aliphatic carbocycles. The molecule has 114 valence electrons. The van der Waals surface area contributed by atoms with Crippen LogP contribution in [0, 0.1) is 11.7 Å². The highest BCUT2D eigenvalue weighted by atomic mass is 19.1. The first-order chi connectivity index (χ1) is 10.1. The first-order valence-electron chi connectivity index (χ1n) is 8.03. The van der Waals surface area contributed by atoms with Crippen molar-refractivity contribution in [3.05, 3.63) is 29.6 Å². The van der Waals surface area contributed by atoms with Gasteiger partial charge in [0.25, 0.3) is 0 Å². The van der Waals surface area contributed by atoms with Crippen molar-refractivity contribution in [1.29, 1.82) is 0 Å². The van der Waals surface area contributed by atoms with Crippen molar-refractivity contribution in [3.8, 4) is 0 Å². The van der Waals surface area contributed by atoms with E-state index in [1.807, 2.05) is 0 Å². The number of hydrogen-bond donors (Lipinski definition) is 2. The highest BCUT2D eigenvalue weighted by Crippen LogP contribution is 2.35. The number of hydrogen-bond acceptors (Lipinski definition) is 3. The molecule has 2 aliphatic rings. The lowest BCUT2D eigenvalue weighted by molar-refractivity contribution is 0.0546. The fourth-order valence-corrected chi connectivity index (χ4v) is 4.07. The van der Waals surface area contributed by atoms with E-state index in [2.05, 4.69) is 4.90 Å². The predicted octanol–water partition coefficient (Wildman–Crippen LogP) is 1.66. The van der Waals surface area contributed by atoms with Crippen molar-refractivity contribution in [1.82, 2.24) is 4.90 Å². The summed E-state index contributed by atoms with van der Waals surface area (Å²) in [5.41, 5.74) is 1.08. The highest BCUT2D eigenvalue weighted by Gasteiger charge is 2.33. The maximum absolute atomic E-state index is 13.6. The summed E-state index contributed by atoms with van der Waals surface area (Å²) in [5.74, 6) is 0.400. The molecule has 1 heterocycles. The van der Waals surface area contributed by atoms with Crippen LogP contribution in [0.25, 0.3) is 0 Å². The highest BCUT2D eigenvalue weighted by molar-refractivity contribution is 6.58. The van der Waals surface area contributed by atoms with Crippen LogP contribution in [0.5, 0.6) is 0 Å². The van der Waals surface area contributed by atoms with Gasteiger partial charge >= 0.3 is 7.12 Å². The van der Waals surface area contributed by atoms with Gasteiger partial charge in [-0.3, -0.25) is 4.90 Å². The number of halogens is 1. The van der Waals surface area contributed by atoms with Crippen molar-refractivity contribution in [3.63, 3.8) is 0 Å². The Hall–Kier alpha value is -0.905. The van der Waals surface area contributed by atoms with Crippen LogP contribution < -0.4 is 5.46 Å². The van der Waals surface area contributed by atoms with E-state index in [1.165, 1.54) is 50.7 Å². The molecule has 2 unspecified atom stereocenters. The summed E-state index contributed by atoms with van der Waals surface area (Å²) in [6.07, 6.45) is 7.74. The predicted molar refractivity (Wildman–Crippen MR) is 81.6 cm³/mol. The summed E-state index contributed by atoms with van der Waals surface area (Å²) in [6.45, 7) is 1.77. The monoisotopic (exact) mass is 291 g/mol. The van der Waals surface area contributed by atoms with Crippen molar-refractivity contribution in [2.24, 2.45) is 5.92 Å². The van der Waals surface area contributed by atoms with Gasteiger partial charge in [-0.15, -0.1) is 0 Å². The van der Waals surface area contributed by atoms with Crippen molar-refractivity contribution in [2.45, 2.75) is 51.1 Å². The minimum atomic E-state index is -1.61. The van der Waals surface area contributed by atoms with Crippen molar-refractivity contribution in [2.75, 3.05) is 6.54 Å². The zero-order valence-corrected chi connectivity index (χ0v) is 12.3. The summed E-state index contributed by atoms with van der Waals surface area (Å²) in [5, 5.41) is 18.5. The van der Waals surface area contributed by atoms with Crippen LogP contribution in [-0.4, -0.2) is 34.7 Å². The first kappa shape index (κ1) is 15.0. The van der Waals surface area contributed by atoms with Gasteiger partial charge in [0.1, 0.15) is 5.82 Å². The molecule has 2 N–H and O–H groups in total. The minimum Gasteiger partial charge on any atom is -0.423 e. The van der Waals surface area contributed by atoms with Gasteiger partial charge in [-0.2, -0.15) is 0 Å². The Bertz CT molecular complexity index is 495. The number of nitrogens with zero attached hydrogens (tertiary/aromatic N) is 1. The quantitative estimate of drug-likeness (QED) is 0.832. The fraction of sp³-hybridized carbons (Fsp3) is 0.625. The molecule has 2 atom stereocenters. The van der Waals surface area contributed by atoms with E-state index in [-0.39, 0.29) is 5.46 Å². The smallest absolute Gasteiger partial charge is 0.423 e. The Morgan fingerprint density at radius 1 is 1.10 bits per heavy atom. The molecule has 3 rings (SSSR count). The number of benzene rings is 1. The lowest BCUT2D eigenvalue weighted by Gasteiger charge is -2.44. The number of piperidine rings is 1. The molecule has 1 aromatic rings. The van der Waals surface area contributed by atoms with Gasteiger partial charge in [-0.1, -0.05) is 18.9 Å². The molecule has 1 saturated carbocycles. The van der Waals surface area contributed by atoms with Gasteiger partial charge < -0.3 is 10.0 Å². The summed E-state index contributed by atoms with van der Waals surface area (Å²) in [7, 11) is -1.61. The Labute approximate surface area is 125 Å². The third-order valence-electron chi connectivity index (χ3n) is 5.02. The second kappa shape index (κ2) is 6.47. The van der Waals surface area contributed by atoms with Crippen molar-refractivity contribution < 1.29 is 14.4 Å². The first-order valence-corrected chi connectivity index (χ1v) is 8.03. The summed E-state index contributed by atoms with van der Waals surface area (Å²) in [6, 6.07) is 5.03. The van der Waals surface area contributed by atoms with Gasteiger partial charge in [0.05, 0.1) is 0 Å². The average molecular weight is 291 g/mol. The lowest BCUT2D eigenvalue weighted by Crippen LogP contribution is -2.46. The van der Waals surface area contributed by atoms with E-state index in [0.717, 1.165) is 18.0 Å². The molecule has 5 heteroatoms. The number of rotatable bonds is 3. The largest absolute Gasteiger partial charge is 0.488 e. The molecule has 0 spiro atoms. The summed E-state index contributed by atoms with van der Waals surface area (Å²) >= 11 is 0. The van der Waals surface area contributed by atoms with E-state index in [4.69, 9.17) is 0 Å².